The van der Waals surface area contributed by atoms with E-state index >= 15 is 0 Å². The molecule has 0 atom stereocenters. The normalized spacial score (nSPS) is 10.1. The molecule has 5 heteroatoms. The van der Waals surface area contributed by atoms with E-state index in [0.29, 0.717) is 0 Å². The van der Waals surface area contributed by atoms with Crippen LogP contribution >= 0.6 is 0 Å². The van der Waals surface area contributed by atoms with Crippen molar-refractivity contribution in [2.75, 3.05) is 24.8 Å². The molecule has 0 aliphatic heterocycles. The number of aromatic nitrogens is 2. The molecule has 2 aromatic rings. The van der Waals surface area contributed by atoms with Gasteiger partial charge in [-0.3, -0.25) is 0 Å². The molecule has 1 heterocycles. The van der Waals surface area contributed by atoms with Crippen molar-refractivity contribution in [3.8, 4) is 5.75 Å². The molecule has 1 aromatic heterocycles. The molecule has 0 bridgehead atoms. The van der Waals surface area contributed by atoms with Crippen LogP contribution in [0.3, 0.4) is 0 Å². The largest absolute Gasteiger partial charge is 0.495 e. The molecule has 0 saturated carbocycles. The van der Waals surface area contributed by atoms with Crippen LogP contribution in [0.2, 0.25) is 0 Å². The average Bonchev–Trinajstić information content (AvgIpc) is 2.43. The highest BCUT2D eigenvalue weighted by Gasteiger charge is 2.07. The third-order valence-corrected chi connectivity index (χ3v) is 3.00. The Morgan fingerprint density at radius 3 is 2.37 bits per heavy atom. The number of hydrogen-bond acceptors (Lipinski definition) is 5. The van der Waals surface area contributed by atoms with Gasteiger partial charge in [0.15, 0.2) is 0 Å². The quantitative estimate of drug-likeness (QED) is 0.883. The van der Waals surface area contributed by atoms with Crippen LogP contribution < -0.4 is 15.4 Å². The lowest BCUT2D eigenvalue weighted by molar-refractivity contribution is 0.416. The van der Waals surface area contributed by atoms with Gasteiger partial charge in [-0.25, -0.2) is 9.97 Å². The second-order valence-electron chi connectivity index (χ2n) is 4.30. The summed E-state index contributed by atoms with van der Waals surface area (Å²) in [5.41, 5.74) is 3.29. The van der Waals surface area contributed by atoms with E-state index in [4.69, 9.17) is 4.74 Å². The van der Waals surface area contributed by atoms with Gasteiger partial charge in [0.1, 0.15) is 23.7 Å². The molecule has 2 rings (SSSR count). The zero-order chi connectivity index (χ0) is 13.8. The maximum atomic E-state index is 5.39. The number of nitrogens with one attached hydrogen (secondary N) is 2. The van der Waals surface area contributed by atoms with E-state index in [1.165, 1.54) is 17.5 Å². The summed E-state index contributed by atoms with van der Waals surface area (Å²) in [4.78, 5) is 8.27. The summed E-state index contributed by atoms with van der Waals surface area (Å²) < 4.78 is 5.39. The fraction of sp³-hybridized carbons (Fsp3) is 0.286. The molecule has 0 saturated heterocycles. The van der Waals surface area contributed by atoms with Gasteiger partial charge in [-0.15, -0.1) is 0 Å². The van der Waals surface area contributed by atoms with Gasteiger partial charge in [0.2, 0.25) is 0 Å². The smallest absolute Gasteiger partial charge is 0.142 e. The number of nitrogens with zero attached hydrogens (tertiary/aromatic N) is 2. The topological polar surface area (TPSA) is 59.1 Å². The SMILES string of the molecule is CNc1cc(Nc2cc(C)c(C)cc2OC)ncn1. The van der Waals surface area contributed by atoms with E-state index < -0.39 is 0 Å². The molecule has 0 spiro atoms. The first-order valence-corrected chi connectivity index (χ1v) is 6.06. The fourth-order valence-corrected chi connectivity index (χ4v) is 1.76. The Labute approximate surface area is 113 Å². The predicted molar refractivity (Wildman–Crippen MR) is 77.3 cm³/mol. The maximum absolute atomic E-state index is 5.39. The van der Waals surface area contributed by atoms with Crippen molar-refractivity contribution < 1.29 is 4.74 Å². The van der Waals surface area contributed by atoms with Crippen molar-refractivity contribution in [1.29, 1.82) is 0 Å². The lowest BCUT2D eigenvalue weighted by atomic mass is 10.1. The van der Waals surface area contributed by atoms with E-state index in [-0.39, 0.29) is 0 Å². The van der Waals surface area contributed by atoms with Crippen LogP contribution in [0.25, 0.3) is 0 Å². The summed E-state index contributed by atoms with van der Waals surface area (Å²) in [6, 6.07) is 5.90. The summed E-state index contributed by atoms with van der Waals surface area (Å²) in [5.74, 6) is 2.29. The van der Waals surface area contributed by atoms with E-state index in [2.05, 4.69) is 40.5 Å². The summed E-state index contributed by atoms with van der Waals surface area (Å²) >= 11 is 0. The number of hydrogen-bond donors (Lipinski definition) is 2. The predicted octanol–water partition coefficient (Wildman–Crippen LogP) is 2.89. The first-order chi connectivity index (χ1) is 9.13. The highest BCUT2D eigenvalue weighted by molar-refractivity contribution is 5.67. The molecular weight excluding hydrogens is 240 g/mol. The summed E-state index contributed by atoms with van der Waals surface area (Å²) in [5, 5.41) is 6.23. The summed E-state index contributed by atoms with van der Waals surface area (Å²) in [7, 11) is 3.48. The molecule has 1 aromatic carbocycles. The van der Waals surface area contributed by atoms with Crippen LogP contribution in [0, 0.1) is 13.8 Å². The molecule has 0 aliphatic rings. The second kappa shape index (κ2) is 5.56. The highest BCUT2D eigenvalue weighted by atomic mass is 16.5. The Hall–Kier alpha value is -2.30. The summed E-state index contributed by atoms with van der Waals surface area (Å²) in [6.07, 6.45) is 1.52. The first kappa shape index (κ1) is 13.1. The molecule has 0 amide bonds. The van der Waals surface area contributed by atoms with Crippen LogP contribution in [0.15, 0.2) is 24.5 Å². The van der Waals surface area contributed by atoms with Gasteiger partial charge in [-0.05, 0) is 37.1 Å². The van der Waals surface area contributed by atoms with E-state index in [9.17, 15) is 0 Å². The van der Waals surface area contributed by atoms with Crippen molar-refractivity contribution in [2.45, 2.75) is 13.8 Å². The minimum absolute atomic E-state index is 0.723. The van der Waals surface area contributed by atoms with Crippen molar-refractivity contribution >= 4 is 17.3 Å². The highest BCUT2D eigenvalue weighted by Crippen LogP contribution is 2.30. The molecular formula is C14H18N4O. The molecule has 2 N–H and O–H groups in total. The zero-order valence-electron chi connectivity index (χ0n) is 11.6. The Morgan fingerprint density at radius 2 is 1.68 bits per heavy atom. The van der Waals surface area contributed by atoms with Gasteiger partial charge in [0.05, 0.1) is 12.8 Å². The molecule has 0 radical (unpaired) electrons. The maximum Gasteiger partial charge on any atom is 0.142 e. The van der Waals surface area contributed by atoms with Crippen LogP contribution in [0.4, 0.5) is 17.3 Å². The molecule has 100 valence electrons. The Morgan fingerprint density at radius 1 is 1.00 bits per heavy atom. The standard InChI is InChI=1S/C14H18N4O/c1-9-5-11(12(19-4)6-10(9)2)18-14-7-13(15-3)16-8-17-14/h5-8H,1-4H3,(H2,15,16,17,18). The average molecular weight is 258 g/mol. The van der Waals surface area contributed by atoms with Gasteiger partial charge in [0, 0.05) is 13.1 Å². The Balaban J connectivity index is 2.34. The van der Waals surface area contributed by atoms with Gasteiger partial charge < -0.3 is 15.4 Å². The van der Waals surface area contributed by atoms with E-state index in [1.54, 1.807) is 7.11 Å². The van der Waals surface area contributed by atoms with Crippen molar-refractivity contribution in [1.82, 2.24) is 9.97 Å². The monoisotopic (exact) mass is 258 g/mol. The number of aryl methyl sites for hydroxylation is 2. The molecule has 5 nitrogen and oxygen atoms in total. The molecule has 0 fully saturated rings. The van der Waals surface area contributed by atoms with Gasteiger partial charge >= 0.3 is 0 Å². The van der Waals surface area contributed by atoms with Crippen molar-refractivity contribution in [3.63, 3.8) is 0 Å². The third-order valence-electron chi connectivity index (χ3n) is 3.00. The van der Waals surface area contributed by atoms with Crippen LogP contribution in [0.5, 0.6) is 5.75 Å². The van der Waals surface area contributed by atoms with Crippen LogP contribution in [-0.2, 0) is 0 Å². The molecule has 0 aliphatic carbocycles. The van der Waals surface area contributed by atoms with E-state index in [0.717, 1.165) is 23.1 Å². The Kier molecular flexibility index (Phi) is 3.85. The van der Waals surface area contributed by atoms with Crippen molar-refractivity contribution in [3.05, 3.63) is 35.7 Å². The lowest BCUT2D eigenvalue weighted by Crippen LogP contribution is -2.00. The Bertz CT molecular complexity index is 584. The van der Waals surface area contributed by atoms with Gasteiger partial charge in [-0.2, -0.15) is 0 Å². The minimum Gasteiger partial charge on any atom is -0.495 e. The third kappa shape index (κ3) is 2.93. The number of anilines is 3. The second-order valence-corrected chi connectivity index (χ2v) is 4.30. The van der Waals surface area contributed by atoms with Gasteiger partial charge in [0.25, 0.3) is 0 Å². The van der Waals surface area contributed by atoms with E-state index in [1.807, 2.05) is 19.2 Å². The minimum atomic E-state index is 0.723. The van der Waals surface area contributed by atoms with Gasteiger partial charge in [-0.1, -0.05) is 0 Å². The lowest BCUT2D eigenvalue weighted by Gasteiger charge is -2.13. The summed E-state index contributed by atoms with van der Waals surface area (Å²) in [6.45, 7) is 4.13. The zero-order valence-corrected chi connectivity index (χ0v) is 11.6. The first-order valence-electron chi connectivity index (χ1n) is 6.06. The number of rotatable bonds is 4. The number of methoxy groups -OCH3 is 1. The molecule has 0 unspecified atom stereocenters. The van der Waals surface area contributed by atoms with Crippen LogP contribution in [-0.4, -0.2) is 24.1 Å². The fourth-order valence-electron chi connectivity index (χ4n) is 1.76. The van der Waals surface area contributed by atoms with Crippen molar-refractivity contribution in [2.24, 2.45) is 0 Å². The molecule has 19 heavy (non-hydrogen) atoms. The number of ether oxygens (including phenoxy) is 1. The van der Waals surface area contributed by atoms with Crippen LogP contribution in [0.1, 0.15) is 11.1 Å². The number of benzene rings is 1.